The number of para-hydroxylation sites is 1. The number of aromatic hydroxyl groups is 1. The van der Waals surface area contributed by atoms with Gasteiger partial charge >= 0.3 is 5.97 Å². The van der Waals surface area contributed by atoms with Crippen LogP contribution in [0.25, 0.3) is 0 Å². The van der Waals surface area contributed by atoms with Crippen LogP contribution in [0.2, 0.25) is 4.34 Å². The van der Waals surface area contributed by atoms with E-state index in [0.29, 0.717) is 20.5 Å². The normalized spacial score (nSPS) is 12.1. The summed E-state index contributed by atoms with van der Waals surface area (Å²) in [5.41, 5.74) is 0.529. The monoisotopic (exact) mass is 312 g/mol. The molecule has 1 atom stereocenters. The van der Waals surface area contributed by atoms with Gasteiger partial charge in [0.1, 0.15) is 0 Å². The molecule has 0 aliphatic heterocycles. The third kappa shape index (κ3) is 3.05. The van der Waals surface area contributed by atoms with Crippen LogP contribution in [-0.2, 0) is 11.2 Å². The fraction of sp³-hybridized carbons (Fsp3) is 0.214. The molecule has 0 radical (unpaired) electrons. The molecule has 1 aromatic heterocycles. The predicted octanol–water partition coefficient (Wildman–Crippen LogP) is 3.53. The molecule has 2 N–H and O–H groups in total. The molecule has 2 rings (SSSR count). The lowest BCUT2D eigenvalue weighted by Gasteiger charge is -2.13. The molecule has 0 bridgehead atoms. The molecule has 0 spiro atoms. The zero-order chi connectivity index (χ0) is 14.7. The van der Waals surface area contributed by atoms with Crippen molar-refractivity contribution in [3.05, 3.63) is 45.1 Å². The van der Waals surface area contributed by atoms with E-state index in [1.807, 2.05) is 0 Å². The number of thiophene rings is 1. The van der Waals surface area contributed by atoms with E-state index in [4.69, 9.17) is 16.3 Å². The van der Waals surface area contributed by atoms with Crippen molar-refractivity contribution >= 4 is 28.9 Å². The molecule has 4 nitrogen and oxygen atoms in total. The van der Waals surface area contributed by atoms with Crippen molar-refractivity contribution < 1.29 is 19.7 Å². The number of carbonyl (C=O) groups is 1. The first-order valence-corrected chi connectivity index (χ1v) is 7.05. The van der Waals surface area contributed by atoms with E-state index in [1.54, 1.807) is 30.3 Å². The first-order chi connectivity index (χ1) is 9.52. The molecular weight excluding hydrogens is 300 g/mol. The summed E-state index contributed by atoms with van der Waals surface area (Å²) in [6.07, 6.45) is 0.176. The van der Waals surface area contributed by atoms with Gasteiger partial charge in [0.05, 0.1) is 17.4 Å². The zero-order valence-electron chi connectivity index (χ0n) is 10.7. The molecule has 1 unspecified atom stereocenters. The van der Waals surface area contributed by atoms with Gasteiger partial charge < -0.3 is 14.9 Å². The molecule has 0 aliphatic rings. The SMILES string of the molecule is COc1cccc(CC(C(=O)O)c2ccc(Cl)s2)c1O. The van der Waals surface area contributed by atoms with Gasteiger partial charge in [-0.1, -0.05) is 23.7 Å². The van der Waals surface area contributed by atoms with Crippen LogP contribution in [0.15, 0.2) is 30.3 Å². The van der Waals surface area contributed by atoms with Gasteiger partial charge in [-0.05, 0) is 30.2 Å². The molecule has 0 saturated heterocycles. The van der Waals surface area contributed by atoms with Crippen molar-refractivity contribution in [3.63, 3.8) is 0 Å². The van der Waals surface area contributed by atoms with Crippen LogP contribution in [0.1, 0.15) is 16.4 Å². The number of phenolic OH excluding ortho intramolecular Hbond substituents is 1. The number of hydrogen-bond acceptors (Lipinski definition) is 4. The van der Waals surface area contributed by atoms with E-state index in [9.17, 15) is 15.0 Å². The van der Waals surface area contributed by atoms with E-state index < -0.39 is 11.9 Å². The summed E-state index contributed by atoms with van der Waals surface area (Å²) in [7, 11) is 1.45. The minimum Gasteiger partial charge on any atom is -0.504 e. The van der Waals surface area contributed by atoms with Crippen LogP contribution < -0.4 is 4.74 Å². The van der Waals surface area contributed by atoms with Crippen molar-refractivity contribution in [3.8, 4) is 11.5 Å². The lowest BCUT2D eigenvalue weighted by atomic mass is 9.97. The third-order valence-electron chi connectivity index (χ3n) is 2.96. The Bertz CT molecular complexity index is 623. The summed E-state index contributed by atoms with van der Waals surface area (Å²) in [5.74, 6) is -1.39. The molecule has 0 amide bonds. The minimum absolute atomic E-state index is 0.0242. The number of aliphatic carboxylic acids is 1. The van der Waals surface area contributed by atoms with Gasteiger partial charge in [0.2, 0.25) is 0 Å². The van der Waals surface area contributed by atoms with E-state index in [0.717, 1.165) is 0 Å². The molecule has 2 aromatic rings. The Morgan fingerprint density at radius 2 is 2.15 bits per heavy atom. The second-order valence-electron chi connectivity index (χ2n) is 4.20. The number of methoxy groups -OCH3 is 1. The number of ether oxygens (including phenoxy) is 1. The van der Waals surface area contributed by atoms with Gasteiger partial charge in [0.25, 0.3) is 0 Å². The van der Waals surface area contributed by atoms with Crippen molar-refractivity contribution in [1.29, 1.82) is 0 Å². The maximum Gasteiger partial charge on any atom is 0.312 e. The van der Waals surface area contributed by atoms with E-state index in [2.05, 4.69) is 0 Å². The highest BCUT2D eigenvalue weighted by Gasteiger charge is 2.24. The topological polar surface area (TPSA) is 66.8 Å². The van der Waals surface area contributed by atoms with Crippen LogP contribution in [0.5, 0.6) is 11.5 Å². The van der Waals surface area contributed by atoms with Crippen molar-refractivity contribution in [2.24, 2.45) is 0 Å². The van der Waals surface area contributed by atoms with Crippen LogP contribution in [0.4, 0.5) is 0 Å². The smallest absolute Gasteiger partial charge is 0.312 e. The summed E-state index contributed by atoms with van der Waals surface area (Å²) >= 11 is 7.08. The molecule has 0 fully saturated rings. The van der Waals surface area contributed by atoms with Gasteiger partial charge in [0.15, 0.2) is 11.5 Å². The van der Waals surface area contributed by atoms with Gasteiger partial charge in [-0.25, -0.2) is 0 Å². The first kappa shape index (κ1) is 14.7. The molecule has 0 saturated carbocycles. The molecule has 1 heterocycles. The second-order valence-corrected chi connectivity index (χ2v) is 5.95. The lowest BCUT2D eigenvalue weighted by Crippen LogP contribution is -2.13. The fourth-order valence-corrected chi connectivity index (χ4v) is 3.10. The van der Waals surface area contributed by atoms with Crippen molar-refractivity contribution in [1.82, 2.24) is 0 Å². The summed E-state index contributed by atoms with van der Waals surface area (Å²) < 4.78 is 5.56. The van der Waals surface area contributed by atoms with E-state index in [-0.39, 0.29) is 12.2 Å². The lowest BCUT2D eigenvalue weighted by molar-refractivity contribution is -0.138. The number of hydrogen-bond donors (Lipinski definition) is 2. The Hall–Kier alpha value is -1.72. The quantitative estimate of drug-likeness (QED) is 0.886. The Kier molecular flexibility index (Phi) is 4.52. The number of rotatable bonds is 5. The number of carboxylic acid groups (broad SMARTS) is 1. The van der Waals surface area contributed by atoms with Gasteiger partial charge in [-0.2, -0.15) is 0 Å². The standard InChI is InChI=1S/C14H13ClO4S/c1-19-10-4-2-3-8(13(10)16)7-9(14(17)18)11-5-6-12(15)20-11/h2-6,9,16H,7H2,1H3,(H,17,18). The average Bonchev–Trinajstić information content (AvgIpc) is 2.83. The van der Waals surface area contributed by atoms with Gasteiger partial charge in [-0.15, -0.1) is 11.3 Å². The van der Waals surface area contributed by atoms with E-state index in [1.165, 1.54) is 18.4 Å². The van der Waals surface area contributed by atoms with Gasteiger partial charge in [0, 0.05) is 4.88 Å². The van der Waals surface area contributed by atoms with Crippen molar-refractivity contribution in [2.45, 2.75) is 12.3 Å². The largest absolute Gasteiger partial charge is 0.504 e. The highest BCUT2D eigenvalue weighted by molar-refractivity contribution is 7.16. The molecule has 106 valence electrons. The van der Waals surface area contributed by atoms with Crippen LogP contribution in [0.3, 0.4) is 0 Å². The minimum atomic E-state index is -0.953. The average molecular weight is 313 g/mol. The van der Waals surface area contributed by atoms with Crippen molar-refractivity contribution in [2.75, 3.05) is 7.11 Å². The summed E-state index contributed by atoms with van der Waals surface area (Å²) in [6, 6.07) is 8.39. The molecule has 20 heavy (non-hydrogen) atoms. The maximum absolute atomic E-state index is 11.4. The number of benzene rings is 1. The maximum atomic E-state index is 11.4. The first-order valence-electron chi connectivity index (χ1n) is 5.85. The molecule has 6 heteroatoms. The summed E-state index contributed by atoms with van der Waals surface area (Å²) in [4.78, 5) is 12.1. The highest BCUT2D eigenvalue weighted by Crippen LogP contribution is 2.35. The Morgan fingerprint density at radius 3 is 2.70 bits per heavy atom. The number of carboxylic acids is 1. The Morgan fingerprint density at radius 1 is 1.40 bits per heavy atom. The zero-order valence-corrected chi connectivity index (χ0v) is 12.2. The van der Waals surface area contributed by atoms with Crippen LogP contribution in [-0.4, -0.2) is 23.3 Å². The highest BCUT2D eigenvalue weighted by atomic mass is 35.5. The number of phenols is 1. The fourth-order valence-electron chi connectivity index (χ4n) is 1.94. The van der Waals surface area contributed by atoms with Crippen LogP contribution in [0, 0.1) is 0 Å². The molecule has 0 aliphatic carbocycles. The predicted molar refractivity (Wildman–Crippen MR) is 78.1 cm³/mol. The Labute approximate surface area is 125 Å². The van der Waals surface area contributed by atoms with Gasteiger partial charge in [-0.3, -0.25) is 4.79 Å². The third-order valence-corrected chi connectivity index (χ3v) is 4.31. The molecule has 1 aromatic carbocycles. The summed E-state index contributed by atoms with van der Waals surface area (Å²) in [5, 5.41) is 19.4. The Balaban J connectivity index is 2.32. The molecular formula is C14H13ClO4S. The summed E-state index contributed by atoms with van der Waals surface area (Å²) in [6.45, 7) is 0. The van der Waals surface area contributed by atoms with Crippen LogP contribution >= 0.6 is 22.9 Å². The number of halogens is 1. The van der Waals surface area contributed by atoms with E-state index >= 15 is 0 Å². The second kappa shape index (κ2) is 6.15.